The van der Waals surface area contributed by atoms with E-state index in [0.29, 0.717) is 13.0 Å². The maximum Gasteiger partial charge on any atom is 0.317 e. The molecule has 36 heavy (non-hydrogen) atoms. The number of piperidine rings is 1. The molecule has 3 unspecified atom stereocenters. The Hall–Kier alpha value is -1.63. The number of urea groups is 1. The third-order valence-electron chi connectivity index (χ3n) is 8.21. The Labute approximate surface area is 219 Å². The topological polar surface area (TPSA) is 65.0 Å². The van der Waals surface area contributed by atoms with Crippen LogP contribution in [-0.4, -0.2) is 73.9 Å². The van der Waals surface area contributed by atoms with Crippen molar-refractivity contribution >= 4 is 6.03 Å². The van der Waals surface area contributed by atoms with Crippen LogP contribution in [0.3, 0.4) is 0 Å². The van der Waals surface area contributed by atoms with Crippen molar-refractivity contribution in [1.82, 2.24) is 15.1 Å². The molecule has 1 aliphatic heterocycles. The normalized spacial score (nSPS) is 21.8. The molecule has 1 heterocycles. The van der Waals surface area contributed by atoms with Crippen LogP contribution in [0, 0.1) is 11.8 Å². The zero-order chi connectivity index (χ0) is 25.8. The van der Waals surface area contributed by atoms with Gasteiger partial charge in [-0.15, -0.1) is 0 Å². The van der Waals surface area contributed by atoms with Gasteiger partial charge in [-0.1, -0.05) is 62.4 Å². The fourth-order valence-corrected chi connectivity index (χ4v) is 6.32. The fraction of sp³-hybridized carbons (Fsp3) is 0.767. The highest BCUT2D eigenvalue weighted by molar-refractivity contribution is 5.74. The van der Waals surface area contributed by atoms with Crippen molar-refractivity contribution in [2.45, 2.75) is 89.2 Å². The van der Waals surface area contributed by atoms with Gasteiger partial charge in [0.25, 0.3) is 0 Å². The van der Waals surface area contributed by atoms with Crippen molar-refractivity contribution in [2.75, 3.05) is 46.9 Å². The predicted octanol–water partition coefficient (Wildman–Crippen LogP) is 5.40. The Morgan fingerprint density at radius 3 is 2.58 bits per heavy atom. The van der Waals surface area contributed by atoms with Gasteiger partial charge in [-0.3, -0.25) is 0 Å². The summed E-state index contributed by atoms with van der Waals surface area (Å²) in [5.41, 5.74) is 0.0360. The van der Waals surface area contributed by atoms with E-state index in [9.17, 15) is 9.90 Å². The molecular weight excluding hydrogens is 450 g/mol. The molecule has 0 bridgehead atoms. The van der Waals surface area contributed by atoms with Crippen molar-refractivity contribution in [1.29, 1.82) is 0 Å². The van der Waals surface area contributed by atoms with Gasteiger partial charge in [-0.05, 0) is 71.0 Å². The molecule has 2 aliphatic rings. The number of likely N-dealkylation sites (tertiary alicyclic amines) is 1. The van der Waals surface area contributed by atoms with Crippen LogP contribution < -0.4 is 5.32 Å². The molecule has 1 aliphatic carbocycles. The highest BCUT2D eigenvalue weighted by Gasteiger charge is 2.41. The van der Waals surface area contributed by atoms with Gasteiger partial charge in [-0.2, -0.15) is 0 Å². The van der Waals surface area contributed by atoms with Gasteiger partial charge in [-0.25, -0.2) is 4.79 Å². The van der Waals surface area contributed by atoms with Crippen molar-refractivity contribution < 1.29 is 14.6 Å². The van der Waals surface area contributed by atoms with Gasteiger partial charge in [0.05, 0.1) is 5.60 Å². The smallest absolute Gasteiger partial charge is 0.317 e. The van der Waals surface area contributed by atoms with Crippen molar-refractivity contribution in [3.63, 3.8) is 0 Å². The molecule has 6 heteroatoms. The molecule has 1 saturated heterocycles. The molecule has 6 nitrogen and oxygen atoms in total. The summed E-state index contributed by atoms with van der Waals surface area (Å²) in [5, 5.41) is 15.5. The van der Waals surface area contributed by atoms with E-state index in [4.69, 9.17) is 4.74 Å². The second-order valence-corrected chi connectivity index (χ2v) is 11.4. The molecule has 2 N–H and O–H groups in total. The lowest BCUT2D eigenvalue weighted by atomic mass is 9.74. The monoisotopic (exact) mass is 501 g/mol. The van der Waals surface area contributed by atoms with E-state index in [1.165, 1.54) is 32.1 Å². The molecular formula is C30H51N3O3. The molecule has 3 atom stereocenters. The van der Waals surface area contributed by atoms with Crippen LogP contribution in [0.4, 0.5) is 4.79 Å². The first-order valence-corrected chi connectivity index (χ1v) is 14.5. The maximum absolute atomic E-state index is 13.5. The Morgan fingerprint density at radius 1 is 1.14 bits per heavy atom. The quantitative estimate of drug-likeness (QED) is 0.355. The Kier molecular flexibility index (Phi) is 12.0. The lowest BCUT2D eigenvalue weighted by Crippen LogP contribution is -2.54. The van der Waals surface area contributed by atoms with E-state index < -0.39 is 5.60 Å². The minimum Gasteiger partial charge on any atom is -0.385 e. The lowest BCUT2D eigenvalue weighted by molar-refractivity contribution is -0.0566. The number of unbranched alkanes of at least 4 members (excludes halogenated alkanes) is 1. The second kappa shape index (κ2) is 14.9. The summed E-state index contributed by atoms with van der Waals surface area (Å²) in [6.45, 7) is 5.70. The van der Waals surface area contributed by atoms with E-state index in [1.807, 2.05) is 42.2 Å². The molecule has 1 aromatic carbocycles. The van der Waals surface area contributed by atoms with Crippen LogP contribution in [0.15, 0.2) is 30.3 Å². The van der Waals surface area contributed by atoms with E-state index in [0.717, 1.165) is 69.9 Å². The molecule has 2 amide bonds. The molecule has 1 aromatic rings. The number of rotatable bonds is 13. The summed E-state index contributed by atoms with van der Waals surface area (Å²) in [4.78, 5) is 17.6. The average molecular weight is 502 g/mol. The SMILES string of the molecule is CCOCCCCC(O)(c1ccccc1)C1CCCN(C(=O)NC(CC2CCCCC2)CN(C)C)C1. The molecule has 0 spiro atoms. The number of carbonyl (C=O) groups is 1. The van der Waals surface area contributed by atoms with Crippen molar-refractivity contribution in [3.05, 3.63) is 35.9 Å². The molecule has 1 saturated carbocycles. The summed E-state index contributed by atoms with van der Waals surface area (Å²) in [6.07, 6.45) is 12.0. The first-order valence-electron chi connectivity index (χ1n) is 14.5. The number of benzene rings is 1. The zero-order valence-electron chi connectivity index (χ0n) is 23.1. The summed E-state index contributed by atoms with van der Waals surface area (Å²) in [6, 6.07) is 10.3. The summed E-state index contributed by atoms with van der Waals surface area (Å²) < 4.78 is 5.52. The Balaban J connectivity index is 1.65. The van der Waals surface area contributed by atoms with Gasteiger partial charge in [0.2, 0.25) is 0 Å². The van der Waals surface area contributed by atoms with Crippen LogP contribution >= 0.6 is 0 Å². The first kappa shape index (κ1) is 28.9. The van der Waals surface area contributed by atoms with Crippen LogP contribution in [0.5, 0.6) is 0 Å². The van der Waals surface area contributed by atoms with Gasteiger partial charge in [0.1, 0.15) is 0 Å². The van der Waals surface area contributed by atoms with Crippen molar-refractivity contribution in [3.8, 4) is 0 Å². The number of amides is 2. The lowest BCUT2D eigenvalue weighted by Gasteiger charge is -2.43. The van der Waals surface area contributed by atoms with Gasteiger partial charge < -0.3 is 25.0 Å². The van der Waals surface area contributed by atoms with E-state index in [-0.39, 0.29) is 18.0 Å². The third kappa shape index (κ3) is 8.74. The molecule has 0 radical (unpaired) electrons. The zero-order valence-corrected chi connectivity index (χ0v) is 23.1. The summed E-state index contributed by atoms with van der Waals surface area (Å²) in [5.74, 6) is 0.745. The van der Waals surface area contributed by atoms with Crippen molar-refractivity contribution in [2.24, 2.45) is 11.8 Å². The van der Waals surface area contributed by atoms with Gasteiger partial charge in [0, 0.05) is 44.8 Å². The number of hydrogen-bond donors (Lipinski definition) is 2. The number of ether oxygens (including phenoxy) is 1. The molecule has 2 fully saturated rings. The fourth-order valence-electron chi connectivity index (χ4n) is 6.32. The van der Waals surface area contributed by atoms with Gasteiger partial charge >= 0.3 is 6.03 Å². The maximum atomic E-state index is 13.5. The highest BCUT2D eigenvalue weighted by atomic mass is 16.5. The standard InChI is InChI=1S/C30H51N3O3/c1-4-36-21-12-11-19-30(35,26-16-9-6-10-17-26)27-18-13-20-33(23-27)29(34)31-28(24-32(2)3)22-25-14-7-5-8-15-25/h6,9-10,16-17,25,27-28,35H,4-5,7-8,11-15,18-24H2,1-3H3,(H,31,34). The summed E-state index contributed by atoms with van der Waals surface area (Å²) >= 11 is 0. The number of hydrogen-bond acceptors (Lipinski definition) is 4. The third-order valence-corrected chi connectivity index (χ3v) is 8.21. The van der Waals surface area contributed by atoms with Crippen LogP contribution in [0.25, 0.3) is 0 Å². The van der Waals surface area contributed by atoms with Crippen LogP contribution in [0.1, 0.15) is 83.1 Å². The predicted molar refractivity (Wildman–Crippen MR) is 147 cm³/mol. The number of carbonyl (C=O) groups excluding carboxylic acids is 1. The number of nitrogens with zero attached hydrogens (tertiary/aromatic N) is 2. The average Bonchev–Trinajstić information content (AvgIpc) is 2.89. The largest absolute Gasteiger partial charge is 0.385 e. The molecule has 0 aromatic heterocycles. The van der Waals surface area contributed by atoms with Crippen LogP contribution in [0.2, 0.25) is 0 Å². The van der Waals surface area contributed by atoms with E-state index in [1.54, 1.807) is 0 Å². The number of nitrogens with one attached hydrogen (secondary N) is 1. The minimum atomic E-state index is -0.933. The summed E-state index contributed by atoms with van der Waals surface area (Å²) in [7, 11) is 4.17. The first-order chi connectivity index (χ1) is 17.4. The minimum absolute atomic E-state index is 0.0251. The Bertz CT molecular complexity index is 753. The Morgan fingerprint density at radius 2 is 1.89 bits per heavy atom. The van der Waals surface area contributed by atoms with Crippen LogP contribution in [-0.2, 0) is 10.3 Å². The number of aliphatic hydroxyl groups is 1. The molecule has 204 valence electrons. The van der Waals surface area contributed by atoms with Gasteiger partial charge in [0.15, 0.2) is 0 Å². The van der Waals surface area contributed by atoms with E-state index in [2.05, 4.69) is 24.3 Å². The molecule has 3 rings (SSSR count). The second-order valence-electron chi connectivity index (χ2n) is 11.4. The van der Waals surface area contributed by atoms with E-state index >= 15 is 0 Å². The number of likely N-dealkylation sites (N-methyl/N-ethyl adjacent to an activating group) is 1. The highest BCUT2D eigenvalue weighted by Crippen LogP contribution is 2.39.